The van der Waals surface area contributed by atoms with Gasteiger partial charge in [0.1, 0.15) is 5.82 Å². The molecule has 242 valence electrons. The number of nitrogens with zero attached hydrogens (tertiary/aromatic N) is 1. The minimum atomic E-state index is -3.23. The molecule has 0 bridgehead atoms. The Morgan fingerprint density at radius 1 is 0.957 bits per heavy atom. The van der Waals surface area contributed by atoms with Gasteiger partial charge in [-0.15, -0.1) is 0 Å². The van der Waals surface area contributed by atoms with Crippen LogP contribution in [0.4, 0.5) is 10.1 Å². The molecule has 0 aliphatic carbocycles. The number of aliphatic hydroxyl groups excluding tert-OH is 3. The van der Waals surface area contributed by atoms with Crippen LogP contribution in [0.3, 0.4) is 0 Å². The molecule has 1 amide bonds. The lowest BCUT2D eigenvalue weighted by Gasteiger charge is -2.48. The minimum absolute atomic E-state index is 0.103. The summed E-state index contributed by atoms with van der Waals surface area (Å²) >= 11 is 0. The topological polar surface area (TPSA) is 147 Å². The molecule has 0 radical (unpaired) electrons. The van der Waals surface area contributed by atoms with E-state index >= 15 is 0 Å². The molecule has 3 aromatic carbocycles. The van der Waals surface area contributed by atoms with Crippen molar-refractivity contribution in [3.8, 4) is 23.7 Å². The van der Waals surface area contributed by atoms with Crippen LogP contribution in [0.1, 0.15) is 60.1 Å². The number of carbonyl (C=O) groups is 1. The first-order chi connectivity index (χ1) is 21.9. The zero-order chi connectivity index (χ0) is 33.3. The van der Waals surface area contributed by atoms with Crippen molar-refractivity contribution in [3.05, 3.63) is 101 Å². The maximum atomic E-state index is 13.5. The van der Waals surface area contributed by atoms with Gasteiger partial charge in [-0.25, -0.2) is 17.5 Å². The predicted molar refractivity (Wildman–Crippen MR) is 172 cm³/mol. The molecular weight excluding hydrogens is 611 g/mol. The molecule has 1 heterocycles. The Hall–Kier alpha value is -4.07. The highest BCUT2D eigenvalue weighted by Crippen LogP contribution is 2.46. The lowest BCUT2D eigenvalue weighted by Crippen LogP contribution is -2.55. The van der Waals surface area contributed by atoms with Gasteiger partial charge < -0.3 is 25.3 Å². The Morgan fingerprint density at radius 2 is 1.57 bits per heavy atom. The fourth-order valence-electron chi connectivity index (χ4n) is 5.07. The number of rotatable bonds is 12. The van der Waals surface area contributed by atoms with Crippen molar-refractivity contribution in [2.45, 2.75) is 43.4 Å². The van der Waals surface area contributed by atoms with Gasteiger partial charge in [-0.05, 0) is 78.9 Å². The molecule has 5 N–H and O–H groups in total. The molecule has 1 aliphatic rings. The highest BCUT2D eigenvalue weighted by atomic mass is 32.2. The average Bonchev–Trinajstić information content (AvgIpc) is 3.04. The van der Waals surface area contributed by atoms with Gasteiger partial charge in [-0.1, -0.05) is 47.9 Å². The molecule has 4 rings (SSSR count). The molecule has 0 aromatic heterocycles. The zero-order valence-corrected chi connectivity index (χ0v) is 26.2. The van der Waals surface area contributed by atoms with Gasteiger partial charge in [0.2, 0.25) is 15.9 Å². The van der Waals surface area contributed by atoms with Crippen molar-refractivity contribution in [1.82, 2.24) is 4.72 Å². The van der Waals surface area contributed by atoms with Crippen LogP contribution in [0.5, 0.6) is 0 Å². The first-order valence-corrected chi connectivity index (χ1v) is 16.7. The highest BCUT2D eigenvalue weighted by Gasteiger charge is 2.48. The van der Waals surface area contributed by atoms with E-state index in [0.717, 1.165) is 17.4 Å². The molecule has 0 unspecified atom stereocenters. The van der Waals surface area contributed by atoms with Crippen molar-refractivity contribution < 1.29 is 38.0 Å². The van der Waals surface area contributed by atoms with Crippen LogP contribution in [-0.2, 0) is 14.8 Å². The normalized spacial score (nSPS) is 16.9. The Balaban J connectivity index is 1.51. The van der Waals surface area contributed by atoms with Gasteiger partial charge in [-0.3, -0.25) is 4.79 Å². The molecule has 1 aliphatic heterocycles. The molecule has 9 nitrogen and oxygen atoms in total. The smallest absolute Gasteiger partial charge is 0.233 e. The predicted octanol–water partition coefficient (Wildman–Crippen LogP) is 2.79. The summed E-state index contributed by atoms with van der Waals surface area (Å²) in [6.45, 7) is -1.12. The largest absolute Gasteiger partial charge is 0.392 e. The van der Waals surface area contributed by atoms with E-state index in [1.165, 1.54) is 24.3 Å². The van der Waals surface area contributed by atoms with E-state index in [1.54, 1.807) is 17.0 Å². The average molecular weight is 649 g/mol. The Bertz CT molecular complexity index is 1720. The second-order valence-electron chi connectivity index (χ2n) is 11.2. The summed E-state index contributed by atoms with van der Waals surface area (Å²) in [4.78, 5) is 15.2. The van der Waals surface area contributed by atoms with Gasteiger partial charge >= 0.3 is 0 Å². The van der Waals surface area contributed by atoms with Crippen molar-refractivity contribution in [1.29, 1.82) is 0 Å². The number of hydrogen-bond acceptors (Lipinski definition) is 7. The van der Waals surface area contributed by atoms with Crippen LogP contribution in [0, 0.1) is 35.4 Å². The second-order valence-corrected chi connectivity index (χ2v) is 13.1. The van der Waals surface area contributed by atoms with Crippen LogP contribution >= 0.6 is 0 Å². The van der Waals surface area contributed by atoms with Gasteiger partial charge in [0.25, 0.3) is 0 Å². The molecule has 0 saturated carbocycles. The third-order valence-electron chi connectivity index (χ3n) is 7.66. The van der Waals surface area contributed by atoms with E-state index in [0.29, 0.717) is 49.0 Å². The maximum Gasteiger partial charge on any atom is 0.233 e. The number of nitrogens with one attached hydrogen (secondary N) is 1. The number of carbonyl (C=O) groups excluding carboxylic acids is 1. The summed E-state index contributed by atoms with van der Waals surface area (Å²) in [7, 11) is -3.23. The summed E-state index contributed by atoms with van der Waals surface area (Å²) in [6.07, 6.45) is 2.02. The first kappa shape index (κ1) is 34.8. The van der Waals surface area contributed by atoms with Gasteiger partial charge in [0, 0.05) is 29.8 Å². The monoisotopic (exact) mass is 648 g/mol. The van der Waals surface area contributed by atoms with Gasteiger partial charge in [-0.2, -0.15) is 0 Å². The first-order valence-electron chi connectivity index (χ1n) is 14.8. The van der Waals surface area contributed by atoms with E-state index < -0.39 is 46.7 Å². The zero-order valence-electron chi connectivity index (χ0n) is 25.4. The molecule has 3 aromatic rings. The van der Waals surface area contributed by atoms with Gasteiger partial charge in [0.15, 0.2) is 5.60 Å². The number of amides is 1. The number of aliphatic hydroxyl groups is 4. The molecule has 1 saturated heterocycles. The molecular formula is C35H37FN2O7S. The van der Waals surface area contributed by atoms with Crippen LogP contribution < -0.4 is 9.62 Å². The Kier molecular flexibility index (Phi) is 11.7. The SMILES string of the molecule is CS(=O)(=O)NCCCC#Cc1ccc(N2C(=O)[C@H](CC[C@H](O)c3ccc(F)cc3)[C@H]2c2ccc(C#CC(O)(CO)CO)cc2)cc1. The molecule has 11 heteroatoms. The molecule has 0 spiro atoms. The van der Waals surface area contributed by atoms with Crippen LogP contribution in [-0.4, -0.2) is 66.4 Å². The molecule has 3 atom stereocenters. The third-order valence-corrected chi connectivity index (χ3v) is 8.38. The quantitative estimate of drug-likeness (QED) is 0.115. The number of hydrogen-bond donors (Lipinski definition) is 5. The number of anilines is 1. The van der Waals surface area contributed by atoms with Crippen molar-refractivity contribution in [3.63, 3.8) is 0 Å². The van der Waals surface area contributed by atoms with Crippen molar-refractivity contribution >= 4 is 21.6 Å². The van der Waals surface area contributed by atoms with E-state index in [2.05, 4.69) is 28.4 Å². The van der Waals surface area contributed by atoms with Gasteiger partial charge in [0.05, 0.1) is 37.5 Å². The fraction of sp³-hybridized carbons (Fsp3) is 0.343. The fourth-order valence-corrected chi connectivity index (χ4v) is 5.59. The third kappa shape index (κ3) is 9.24. The lowest BCUT2D eigenvalue weighted by atomic mass is 9.78. The number of halogens is 1. The molecule has 1 fully saturated rings. The number of benzene rings is 3. The highest BCUT2D eigenvalue weighted by molar-refractivity contribution is 7.88. The summed E-state index contributed by atoms with van der Waals surface area (Å²) in [5.41, 5.74) is 1.44. The minimum Gasteiger partial charge on any atom is -0.392 e. The van der Waals surface area contributed by atoms with Crippen molar-refractivity contribution in [2.24, 2.45) is 5.92 Å². The number of sulfonamides is 1. The standard InChI is InChI=1S/C35H37FN2O7S/c1-46(44,45)37-22-4-2-3-5-25-8-16-30(17-9-25)38-33(28-10-6-26(7-11-28)20-21-35(43,23-39)24-40)31(34(38)42)18-19-32(41)27-12-14-29(36)15-13-27/h6-17,31-33,37,39-41,43H,2,4,18-19,22-24H2,1H3/t31-,32+,33-/m1/s1. The van der Waals surface area contributed by atoms with E-state index in [4.69, 9.17) is 0 Å². The summed E-state index contributed by atoms with van der Waals surface area (Å²) in [6, 6.07) is 19.6. The van der Waals surface area contributed by atoms with E-state index in [9.17, 15) is 38.0 Å². The number of unbranched alkanes of at least 4 members (excludes halogenated alkanes) is 1. The van der Waals surface area contributed by atoms with E-state index in [-0.39, 0.29) is 11.9 Å². The maximum absolute atomic E-state index is 13.5. The summed E-state index contributed by atoms with van der Waals surface area (Å²) in [5.74, 6) is 10.4. The Morgan fingerprint density at radius 3 is 2.17 bits per heavy atom. The summed E-state index contributed by atoms with van der Waals surface area (Å²) < 4.78 is 38.1. The summed E-state index contributed by atoms with van der Waals surface area (Å²) in [5, 5.41) is 39.4. The lowest BCUT2D eigenvalue weighted by molar-refractivity contribution is -0.131. The van der Waals surface area contributed by atoms with Crippen LogP contribution in [0.15, 0.2) is 72.8 Å². The van der Waals surface area contributed by atoms with Crippen LogP contribution in [0.2, 0.25) is 0 Å². The molecule has 46 heavy (non-hydrogen) atoms. The van der Waals surface area contributed by atoms with E-state index in [1.807, 2.05) is 36.4 Å². The Labute approximate surface area is 268 Å². The number of β-lactam (4-membered cyclic amide) rings is 1. The van der Waals surface area contributed by atoms with Crippen molar-refractivity contribution in [2.75, 3.05) is 30.9 Å². The van der Waals surface area contributed by atoms with Crippen LogP contribution in [0.25, 0.3) is 0 Å². The second kappa shape index (κ2) is 15.5.